The predicted octanol–water partition coefficient (Wildman–Crippen LogP) is 5.01. The number of benzene rings is 3. The predicted molar refractivity (Wildman–Crippen MR) is 100 cm³/mol. The second-order valence-electron chi connectivity index (χ2n) is 6.19. The summed E-state index contributed by atoms with van der Waals surface area (Å²) in [5.74, 6) is 0.881. The number of hydrogen-bond donors (Lipinski definition) is 1. The summed E-state index contributed by atoms with van der Waals surface area (Å²) in [6, 6.07) is 23.0. The zero-order chi connectivity index (χ0) is 16.9. The van der Waals surface area contributed by atoms with Gasteiger partial charge in [-0.15, -0.1) is 0 Å². The summed E-state index contributed by atoms with van der Waals surface area (Å²) in [6.45, 7) is 5.30. The Hall–Kier alpha value is -2.58. The van der Waals surface area contributed by atoms with E-state index in [0.29, 0.717) is 13.2 Å². The first-order valence-corrected chi connectivity index (χ1v) is 8.24. The Morgan fingerprint density at radius 1 is 0.792 bits per heavy atom. The van der Waals surface area contributed by atoms with E-state index in [9.17, 15) is 0 Å². The van der Waals surface area contributed by atoms with Crippen LogP contribution < -0.4 is 10.5 Å². The zero-order valence-electron chi connectivity index (χ0n) is 14.3. The van der Waals surface area contributed by atoms with Crippen molar-refractivity contribution < 1.29 is 4.74 Å². The molecule has 0 amide bonds. The van der Waals surface area contributed by atoms with Crippen LogP contribution in [0.4, 0.5) is 0 Å². The van der Waals surface area contributed by atoms with Gasteiger partial charge in [0.05, 0.1) is 0 Å². The van der Waals surface area contributed by atoms with Gasteiger partial charge in [-0.2, -0.15) is 0 Å². The smallest absolute Gasteiger partial charge is 0.127 e. The maximum Gasteiger partial charge on any atom is 0.127 e. The quantitative estimate of drug-likeness (QED) is 0.718. The molecule has 0 saturated heterocycles. The average Bonchev–Trinajstić information content (AvgIpc) is 2.59. The fraction of sp³-hybridized carbons (Fsp3) is 0.182. The molecule has 2 nitrogen and oxygen atoms in total. The molecule has 0 atom stereocenters. The molecule has 0 unspecified atom stereocenters. The van der Waals surface area contributed by atoms with Crippen molar-refractivity contribution in [2.24, 2.45) is 5.73 Å². The molecule has 0 heterocycles. The summed E-state index contributed by atoms with van der Waals surface area (Å²) in [4.78, 5) is 0. The van der Waals surface area contributed by atoms with Gasteiger partial charge in [0, 0.05) is 12.1 Å². The normalized spacial score (nSPS) is 10.6. The number of aryl methyl sites for hydroxylation is 2. The van der Waals surface area contributed by atoms with Crippen LogP contribution in [0.1, 0.15) is 22.3 Å². The van der Waals surface area contributed by atoms with E-state index in [0.717, 1.165) is 22.4 Å². The Kier molecular flexibility index (Phi) is 4.97. The molecule has 0 aliphatic rings. The standard InChI is InChI=1S/C22H23NO/c1-16-10-17(2)12-20(11-16)21-9-8-19(14-23)13-22(21)24-15-18-6-4-3-5-7-18/h3-13H,14-15,23H2,1-2H3. The largest absolute Gasteiger partial charge is 0.488 e. The first kappa shape index (κ1) is 16.3. The third-order valence-corrected chi connectivity index (χ3v) is 4.05. The minimum Gasteiger partial charge on any atom is -0.488 e. The van der Waals surface area contributed by atoms with Gasteiger partial charge in [0.1, 0.15) is 12.4 Å². The van der Waals surface area contributed by atoms with E-state index in [1.807, 2.05) is 18.2 Å². The van der Waals surface area contributed by atoms with E-state index >= 15 is 0 Å². The molecule has 122 valence electrons. The molecule has 0 spiro atoms. The van der Waals surface area contributed by atoms with Crippen molar-refractivity contribution in [1.29, 1.82) is 0 Å². The Morgan fingerprint density at radius 2 is 1.50 bits per heavy atom. The number of rotatable bonds is 5. The van der Waals surface area contributed by atoms with Crippen molar-refractivity contribution in [3.05, 3.63) is 89.0 Å². The van der Waals surface area contributed by atoms with E-state index in [1.54, 1.807) is 0 Å². The van der Waals surface area contributed by atoms with Crippen LogP contribution in [0.5, 0.6) is 5.75 Å². The summed E-state index contributed by atoms with van der Waals surface area (Å²) in [5, 5.41) is 0. The van der Waals surface area contributed by atoms with Crippen LogP contribution in [0.2, 0.25) is 0 Å². The van der Waals surface area contributed by atoms with Crippen LogP contribution in [-0.2, 0) is 13.2 Å². The van der Waals surface area contributed by atoms with Gasteiger partial charge in [-0.1, -0.05) is 71.8 Å². The molecule has 0 fully saturated rings. The van der Waals surface area contributed by atoms with Gasteiger partial charge in [0.2, 0.25) is 0 Å². The third kappa shape index (κ3) is 3.84. The van der Waals surface area contributed by atoms with E-state index in [2.05, 4.69) is 62.4 Å². The minimum atomic E-state index is 0.509. The molecule has 2 heteroatoms. The molecule has 2 N–H and O–H groups in total. The SMILES string of the molecule is Cc1cc(C)cc(-c2ccc(CN)cc2OCc2ccccc2)c1. The van der Waals surface area contributed by atoms with Gasteiger partial charge in [-0.05, 0) is 36.6 Å². The lowest BCUT2D eigenvalue weighted by atomic mass is 9.98. The maximum absolute atomic E-state index is 6.14. The molecule has 0 radical (unpaired) electrons. The third-order valence-electron chi connectivity index (χ3n) is 4.05. The molecule has 0 bridgehead atoms. The molecule has 3 aromatic rings. The van der Waals surface area contributed by atoms with Crippen LogP contribution in [0.25, 0.3) is 11.1 Å². The summed E-state index contributed by atoms with van der Waals surface area (Å²) in [6.07, 6.45) is 0. The Bertz CT molecular complexity index is 804. The van der Waals surface area contributed by atoms with Crippen molar-refractivity contribution in [2.75, 3.05) is 0 Å². The fourth-order valence-electron chi connectivity index (χ4n) is 2.92. The van der Waals surface area contributed by atoms with Crippen LogP contribution in [0.15, 0.2) is 66.7 Å². The zero-order valence-corrected chi connectivity index (χ0v) is 14.3. The monoisotopic (exact) mass is 317 g/mol. The van der Waals surface area contributed by atoms with Gasteiger partial charge in [0.25, 0.3) is 0 Å². The van der Waals surface area contributed by atoms with E-state index in [-0.39, 0.29) is 0 Å². The number of hydrogen-bond acceptors (Lipinski definition) is 2. The van der Waals surface area contributed by atoms with Crippen LogP contribution >= 0.6 is 0 Å². The second kappa shape index (κ2) is 7.33. The highest BCUT2D eigenvalue weighted by Gasteiger charge is 2.09. The summed E-state index contributed by atoms with van der Waals surface area (Å²) >= 11 is 0. The van der Waals surface area contributed by atoms with Gasteiger partial charge in [0.15, 0.2) is 0 Å². The van der Waals surface area contributed by atoms with E-state index in [4.69, 9.17) is 10.5 Å². The Balaban J connectivity index is 1.96. The summed E-state index contributed by atoms with van der Waals surface area (Å²) in [7, 11) is 0. The second-order valence-corrected chi connectivity index (χ2v) is 6.19. The summed E-state index contributed by atoms with van der Waals surface area (Å²) < 4.78 is 6.14. The topological polar surface area (TPSA) is 35.2 Å². The van der Waals surface area contributed by atoms with Crippen LogP contribution in [-0.4, -0.2) is 0 Å². The van der Waals surface area contributed by atoms with Gasteiger partial charge < -0.3 is 10.5 Å². The lowest BCUT2D eigenvalue weighted by Gasteiger charge is -2.14. The molecule has 0 saturated carbocycles. The Morgan fingerprint density at radius 3 is 2.17 bits per heavy atom. The number of ether oxygens (including phenoxy) is 1. The molecule has 0 aliphatic carbocycles. The number of nitrogens with two attached hydrogens (primary N) is 1. The molecule has 3 rings (SSSR count). The van der Waals surface area contributed by atoms with E-state index in [1.165, 1.54) is 16.7 Å². The van der Waals surface area contributed by atoms with Crippen molar-refractivity contribution >= 4 is 0 Å². The first-order chi connectivity index (χ1) is 11.7. The van der Waals surface area contributed by atoms with Crippen LogP contribution in [0.3, 0.4) is 0 Å². The molecular formula is C22H23NO. The van der Waals surface area contributed by atoms with E-state index < -0.39 is 0 Å². The van der Waals surface area contributed by atoms with Gasteiger partial charge in [-0.3, -0.25) is 0 Å². The molecule has 0 aromatic heterocycles. The lowest BCUT2D eigenvalue weighted by molar-refractivity contribution is 0.307. The van der Waals surface area contributed by atoms with Crippen molar-refractivity contribution in [2.45, 2.75) is 27.0 Å². The highest BCUT2D eigenvalue weighted by atomic mass is 16.5. The fourth-order valence-corrected chi connectivity index (χ4v) is 2.92. The molecule has 3 aromatic carbocycles. The minimum absolute atomic E-state index is 0.509. The molecule has 24 heavy (non-hydrogen) atoms. The maximum atomic E-state index is 6.14. The summed E-state index contributed by atoms with van der Waals surface area (Å²) in [5.41, 5.74) is 12.8. The lowest BCUT2D eigenvalue weighted by Crippen LogP contribution is -2.01. The van der Waals surface area contributed by atoms with Gasteiger partial charge >= 0.3 is 0 Å². The van der Waals surface area contributed by atoms with Crippen molar-refractivity contribution in [1.82, 2.24) is 0 Å². The highest BCUT2D eigenvalue weighted by Crippen LogP contribution is 2.33. The molecular weight excluding hydrogens is 294 g/mol. The van der Waals surface area contributed by atoms with Crippen molar-refractivity contribution in [3.63, 3.8) is 0 Å². The Labute approximate surface area is 143 Å². The van der Waals surface area contributed by atoms with Gasteiger partial charge in [-0.25, -0.2) is 0 Å². The molecule has 0 aliphatic heterocycles. The first-order valence-electron chi connectivity index (χ1n) is 8.24. The highest BCUT2D eigenvalue weighted by molar-refractivity contribution is 5.72. The van der Waals surface area contributed by atoms with Crippen molar-refractivity contribution in [3.8, 4) is 16.9 Å². The van der Waals surface area contributed by atoms with Crippen LogP contribution in [0, 0.1) is 13.8 Å². The average molecular weight is 317 g/mol.